The van der Waals surface area contributed by atoms with Crippen LogP contribution in [0.25, 0.3) is 0 Å². The van der Waals surface area contributed by atoms with Gasteiger partial charge in [0, 0.05) is 5.02 Å². The normalized spacial score (nSPS) is 12.4. The van der Waals surface area contributed by atoms with Crippen molar-refractivity contribution in [3.05, 3.63) is 69.7 Å². The first-order valence-corrected chi connectivity index (χ1v) is 6.75. The molecule has 0 amide bonds. The van der Waals surface area contributed by atoms with Gasteiger partial charge in [0.15, 0.2) is 0 Å². The second kappa shape index (κ2) is 6.20. The Morgan fingerprint density at radius 2 is 1.95 bits per heavy atom. The fraction of sp³-hybridized carbons (Fsp3) is 0.250. The van der Waals surface area contributed by atoms with E-state index in [1.54, 1.807) is 0 Å². The van der Waals surface area contributed by atoms with Gasteiger partial charge in [-0.2, -0.15) is 0 Å². The van der Waals surface area contributed by atoms with Crippen LogP contribution in [0.3, 0.4) is 0 Å². The molecule has 1 atom stereocenters. The Morgan fingerprint density at radius 1 is 1.16 bits per heavy atom. The first kappa shape index (κ1) is 14.1. The van der Waals surface area contributed by atoms with Gasteiger partial charge in [-0.15, -0.1) is 0 Å². The van der Waals surface area contributed by atoms with Crippen molar-refractivity contribution in [1.82, 2.24) is 5.43 Å². The van der Waals surface area contributed by atoms with Crippen LogP contribution in [0.1, 0.15) is 28.3 Å². The number of nitrogens with one attached hydrogen (secondary N) is 1. The van der Waals surface area contributed by atoms with E-state index in [4.69, 9.17) is 17.4 Å². The summed E-state index contributed by atoms with van der Waals surface area (Å²) in [4.78, 5) is 0. The molecule has 2 aromatic carbocycles. The Bertz CT molecular complexity index is 566. The molecule has 0 aromatic heterocycles. The van der Waals surface area contributed by atoms with Crippen LogP contribution in [-0.4, -0.2) is 0 Å². The maximum Gasteiger partial charge on any atom is 0.0503 e. The fourth-order valence-corrected chi connectivity index (χ4v) is 2.50. The number of benzene rings is 2. The molecular formula is C16H19ClN2. The summed E-state index contributed by atoms with van der Waals surface area (Å²) in [5, 5.41) is 0.741. The third-order valence-electron chi connectivity index (χ3n) is 3.34. The highest BCUT2D eigenvalue weighted by Crippen LogP contribution is 2.24. The molecule has 0 aliphatic carbocycles. The zero-order valence-electron chi connectivity index (χ0n) is 11.3. The Balaban J connectivity index is 2.27. The fourth-order valence-electron chi connectivity index (χ4n) is 2.32. The highest BCUT2D eigenvalue weighted by molar-refractivity contribution is 6.30. The number of rotatable bonds is 4. The number of hydrogen-bond acceptors (Lipinski definition) is 2. The average Bonchev–Trinajstić information content (AvgIpc) is 2.39. The van der Waals surface area contributed by atoms with Gasteiger partial charge in [-0.25, -0.2) is 0 Å². The minimum atomic E-state index is 0.0699. The lowest BCUT2D eigenvalue weighted by molar-refractivity contribution is 0.549. The molecule has 2 nitrogen and oxygen atoms in total. The summed E-state index contributed by atoms with van der Waals surface area (Å²) >= 11 is 6.08. The largest absolute Gasteiger partial charge is 0.271 e. The van der Waals surface area contributed by atoms with Crippen LogP contribution in [0.4, 0.5) is 0 Å². The number of hydrazine groups is 1. The molecule has 0 fully saturated rings. The van der Waals surface area contributed by atoms with Crippen molar-refractivity contribution in [2.45, 2.75) is 26.3 Å². The third kappa shape index (κ3) is 3.57. The van der Waals surface area contributed by atoms with Crippen LogP contribution in [0.15, 0.2) is 42.5 Å². The van der Waals surface area contributed by atoms with Gasteiger partial charge in [-0.05, 0) is 49.1 Å². The average molecular weight is 275 g/mol. The van der Waals surface area contributed by atoms with E-state index in [0.29, 0.717) is 0 Å². The van der Waals surface area contributed by atoms with E-state index in [0.717, 1.165) is 17.0 Å². The second-order valence-electron chi connectivity index (χ2n) is 4.91. The number of nitrogens with two attached hydrogens (primary N) is 1. The molecule has 0 saturated carbocycles. The molecule has 2 rings (SSSR count). The molecule has 19 heavy (non-hydrogen) atoms. The molecule has 1 unspecified atom stereocenters. The summed E-state index contributed by atoms with van der Waals surface area (Å²) in [7, 11) is 0. The summed E-state index contributed by atoms with van der Waals surface area (Å²) in [5.74, 6) is 5.72. The maximum absolute atomic E-state index is 6.08. The molecule has 3 heteroatoms. The van der Waals surface area contributed by atoms with E-state index in [-0.39, 0.29) is 6.04 Å². The number of hydrogen-bond donors (Lipinski definition) is 2. The van der Waals surface area contributed by atoms with Gasteiger partial charge in [0.1, 0.15) is 0 Å². The van der Waals surface area contributed by atoms with Crippen molar-refractivity contribution in [2.24, 2.45) is 5.84 Å². The van der Waals surface area contributed by atoms with Crippen molar-refractivity contribution < 1.29 is 0 Å². The lowest BCUT2D eigenvalue weighted by Gasteiger charge is -2.19. The van der Waals surface area contributed by atoms with Crippen molar-refractivity contribution in [1.29, 1.82) is 0 Å². The Kier molecular flexibility index (Phi) is 4.59. The van der Waals surface area contributed by atoms with Crippen LogP contribution in [0.5, 0.6) is 0 Å². The highest BCUT2D eigenvalue weighted by Gasteiger charge is 2.13. The van der Waals surface area contributed by atoms with Crippen molar-refractivity contribution in [2.75, 3.05) is 0 Å². The third-order valence-corrected chi connectivity index (χ3v) is 3.58. The SMILES string of the molecule is Cc1cccc(CC(NN)c2cc(Cl)ccc2C)c1. The van der Waals surface area contributed by atoms with Gasteiger partial charge >= 0.3 is 0 Å². The zero-order valence-corrected chi connectivity index (χ0v) is 12.0. The summed E-state index contributed by atoms with van der Waals surface area (Å²) < 4.78 is 0. The van der Waals surface area contributed by atoms with E-state index in [9.17, 15) is 0 Å². The Morgan fingerprint density at radius 3 is 2.63 bits per heavy atom. The smallest absolute Gasteiger partial charge is 0.0503 e. The molecule has 0 radical (unpaired) electrons. The molecular weight excluding hydrogens is 256 g/mol. The lowest BCUT2D eigenvalue weighted by Crippen LogP contribution is -2.30. The summed E-state index contributed by atoms with van der Waals surface area (Å²) in [6.07, 6.45) is 0.847. The minimum absolute atomic E-state index is 0.0699. The molecule has 0 spiro atoms. The van der Waals surface area contributed by atoms with Gasteiger partial charge in [0.05, 0.1) is 6.04 Å². The molecule has 0 aliphatic heterocycles. The zero-order chi connectivity index (χ0) is 13.8. The van der Waals surface area contributed by atoms with Crippen LogP contribution < -0.4 is 11.3 Å². The Hall–Kier alpha value is -1.35. The van der Waals surface area contributed by atoms with Crippen LogP contribution in [-0.2, 0) is 6.42 Å². The van der Waals surface area contributed by atoms with Crippen LogP contribution in [0, 0.1) is 13.8 Å². The first-order chi connectivity index (χ1) is 9.10. The summed E-state index contributed by atoms with van der Waals surface area (Å²) in [5.41, 5.74) is 7.77. The number of aryl methyl sites for hydroxylation is 2. The van der Waals surface area contributed by atoms with E-state index in [2.05, 4.69) is 43.5 Å². The maximum atomic E-state index is 6.08. The van der Waals surface area contributed by atoms with E-state index in [1.165, 1.54) is 16.7 Å². The van der Waals surface area contributed by atoms with E-state index < -0.39 is 0 Å². The predicted molar refractivity (Wildman–Crippen MR) is 81.1 cm³/mol. The van der Waals surface area contributed by atoms with Gasteiger partial charge in [0.2, 0.25) is 0 Å². The second-order valence-corrected chi connectivity index (χ2v) is 5.35. The molecule has 0 bridgehead atoms. The quantitative estimate of drug-likeness (QED) is 0.659. The first-order valence-electron chi connectivity index (χ1n) is 6.38. The topological polar surface area (TPSA) is 38.0 Å². The monoisotopic (exact) mass is 274 g/mol. The standard InChI is InChI=1S/C16H19ClN2/c1-11-4-3-5-13(8-11)9-16(19-18)15-10-14(17)7-6-12(15)2/h3-8,10,16,19H,9,18H2,1-2H3. The number of halogens is 1. The van der Waals surface area contributed by atoms with Crippen molar-refractivity contribution in [3.8, 4) is 0 Å². The molecule has 3 N–H and O–H groups in total. The lowest BCUT2D eigenvalue weighted by atomic mass is 9.95. The molecule has 0 saturated heterocycles. The molecule has 100 valence electrons. The van der Waals surface area contributed by atoms with Gasteiger partial charge < -0.3 is 0 Å². The predicted octanol–water partition coefficient (Wildman–Crippen LogP) is 3.70. The molecule has 2 aromatic rings. The summed E-state index contributed by atoms with van der Waals surface area (Å²) in [6, 6.07) is 14.5. The molecule has 0 aliphatic rings. The Labute approximate surface area is 119 Å². The van der Waals surface area contributed by atoms with Crippen molar-refractivity contribution >= 4 is 11.6 Å². The highest BCUT2D eigenvalue weighted by atomic mass is 35.5. The van der Waals surface area contributed by atoms with Crippen molar-refractivity contribution in [3.63, 3.8) is 0 Å². The van der Waals surface area contributed by atoms with Crippen LogP contribution in [0.2, 0.25) is 5.02 Å². The van der Waals surface area contributed by atoms with Gasteiger partial charge in [0.25, 0.3) is 0 Å². The van der Waals surface area contributed by atoms with Crippen LogP contribution >= 0.6 is 11.6 Å². The van der Waals surface area contributed by atoms with Gasteiger partial charge in [-0.3, -0.25) is 11.3 Å². The van der Waals surface area contributed by atoms with Gasteiger partial charge in [-0.1, -0.05) is 47.5 Å². The summed E-state index contributed by atoms with van der Waals surface area (Å²) in [6.45, 7) is 4.17. The van der Waals surface area contributed by atoms with E-state index >= 15 is 0 Å². The molecule has 0 heterocycles. The minimum Gasteiger partial charge on any atom is -0.271 e. The van der Waals surface area contributed by atoms with E-state index in [1.807, 2.05) is 18.2 Å².